The van der Waals surface area contributed by atoms with Crippen molar-refractivity contribution in [1.29, 1.82) is 0 Å². The zero-order valence-corrected chi connectivity index (χ0v) is 3.98. The molecule has 1 aliphatic rings. The molecule has 1 heterocycles. The molecule has 1 aliphatic heterocycles. The fourth-order valence-corrected chi connectivity index (χ4v) is 0.518. The summed E-state index contributed by atoms with van der Waals surface area (Å²) < 4.78 is 0. The van der Waals surface area contributed by atoms with Gasteiger partial charge in [-0.1, -0.05) is 6.92 Å². The second-order valence-corrected chi connectivity index (χ2v) is 1.70. The third kappa shape index (κ3) is 0.977. The van der Waals surface area contributed by atoms with E-state index in [1.54, 1.807) is 0 Å². The van der Waals surface area contributed by atoms with Crippen LogP contribution in [0.15, 0.2) is 0 Å². The van der Waals surface area contributed by atoms with Crippen molar-refractivity contribution in [3.8, 4) is 0 Å². The SMILES string of the molecule is [CH2]CCN1CC1. The van der Waals surface area contributed by atoms with E-state index in [1.165, 1.54) is 19.6 Å². The summed E-state index contributed by atoms with van der Waals surface area (Å²) in [6.45, 7) is 7.56. The summed E-state index contributed by atoms with van der Waals surface area (Å²) >= 11 is 0. The quantitative estimate of drug-likeness (QED) is 0.441. The van der Waals surface area contributed by atoms with Crippen LogP contribution < -0.4 is 0 Å². The van der Waals surface area contributed by atoms with Crippen molar-refractivity contribution in [2.75, 3.05) is 19.6 Å². The molecular formula is C5H10N. The van der Waals surface area contributed by atoms with E-state index in [0.29, 0.717) is 0 Å². The Balaban J connectivity index is 1.88. The highest BCUT2D eigenvalue weighted by Crippen LogP contribution is 2.01. The van der Waals surface area contributed by atoms with Gasteiger partial charge in [0, 0.05) is 13.1 Å². The summed E-state index contributed by atoms with van der Waals surface area (Å²) in [4.78, 5) is 2.37. The van der Waals surface area contributed by atoms with Crippen LogP contribution in [0.5, 0.6) is 0 Å². The lowest BCUT2D eigenvalue weighted by molar-refractivity contribution is 0.566. The number of rotatable bonds is 2. The molecule has 0 aromatic carbocycles. The zero-order chi connectivity index (χ0) is 4.41. The maximum absolute atomic E-state index is 3.72. The zero-order valence-electron chi connectivity index (χ0n) is 3.98. The molecule has 0 spiro atoms. The minimum absolute atomic E-state index is 1.07. The van der Waals surface area contributed by atoms with Crippen molar-refractivity contribution >= 4 is 0 Å². The molecule has 1 fully saturated rings. The van der Waals surface area contributed by atoms with Crippen molar-refractivity contribution < 1.29 is 0 Å². The van der Waals surface area contributed by atoms with Crippen LogP contribution >= 0.6 is 0 Å². The van der Waals surface area contributed by atoms with Gasteiger partial charge in [0.25, 0.3) is 0 Å². The summed E-state index contributed by atoms with van der Waals surface area (Å²) in [5.41, 5.74) is 0. The summed E-state index contributed by atoms with van der Waals surface area (Å²) in [7, 11) is 0. The Morgan fingerprint density at radius 2 is 2.17 bits per heavy atom. The summed E-state index contributed by atoms with van der Waals surface area (Å²) in [5.74, 6) is 0. The first-order chi connectivity index (χ1) is 2.93. The summed E-state index contributed by atoms with van der Waals surface area (Å²) in [6, 6.07) is 0. The van der Waals surface area contributed by atoms with Gasteiger partial charge in [0.05, 0.1) is 0 Å². The third-order valence-corrected chi connectivity index (χ3v) is 1.01. The summed E-state index contributed by atoms with van der Waals surface area (Å²) in [5, 5.41) is 0. The Kier molecular flexibility index (Phi) is 1.10. The largest absolute Gasteiger partial charge is 0.301 e. The topological polar surface area (TPSA) is 3.01 Å². The predicted octanol–water partition coefficient (Wildman–Crippen LogP) is 0.526. The van der Waals surface area contributed by atoms with Crippen molar-refractivity contribution in [1.82, 2.24) is 4.90 Å². The molecule has 1 nitrogen and oxygen atoms in total. The van der Waals surface area contributed by atoms with Gasteiger partial charge in [-0.3, -0.25) is 0 Å². The maximum atomic E-state index is 3.72. The van der Waals surface area contributed by atoms with Gasteiger partial charge in [0.2, 0.25) is 0 Å². The minimum Gasteiger partial charge on any atom is -0.301 e. The van der Waals surface area contributed by atoms with E-state index in [0.717, 1.165) is 6.42 Å². The molecule has 0 N–H and O–H groups in total. The van der Waals surface area contributed by atoms with E-state index in [9.17, 15) is 0 Å². The van der Waals surface area contributed by atoms with E-state index in [-0.39, 0.29) is 0 Å². The molecule has 0 amide bonds. The van der Waals surface area contributed by atoms with Crippen molar-refractivity contribution in [2.45, 2.75) is 6.42 Å². The lowest BCUT2D eigenvalue weighted by atomic mass is 10.5. The second-order valence-electron chi connectivity index (χ2n) is 1.70. The molecule has 35 valence electrons. The molecule has 1 rings (SSSR count). The molecule has 6 heavy (non-hydrogen) atoms. The van der Waals surface area contributed by atoms with Crippen LogP contribution in [-0.2, 0) is 0 Å². The third-order valence-electron chi connectivity index (χ3n) is 1.01. The fourth-order valence-electron chi connectivity index (χ4n) is 0.518. The van der Waals surface area contributed by atoms with Crippen LogP contribution in [0.4, 0.5) is 0 Å². The summed E-state index contributed by atoms with van der Waals surface area (Å²) in [6.07, 6.45) is 1.07. The van der Waals surface area contributed by atoms with E-state index in [2.05, 4.69) is 11.8 Å². The van der Waals surface area contributed by atoms with E-state index < -0.39 is 0 Å². The van der Waals surface area contributed by atoms with Gasteiger partial charge in [-0.15, -0.1) is 0 Å². The predicted molar refractivity (Wildman–Crippen MR) is 26.4 cm³/mol. The monoisotopic (exact) mass is 84.1 g/mol. The van der Waals surface area contributed by atoms with Gasteiger partial charge >= 0.3 is 0 Å². The van der Waals surface area contributed by atoms with E-state index in [1.807, 2.05) is 0 Å². The minimum atomic E-state index is 1.07. The molecule has 1 heteroatoms. The van der Waals surface area contributed by atoms with Crippen LogP contribution in [0.25, 0.3) is 0 Å². The Hall–Kier alpha value is -0.0400. The number of hydrogen-bond donors (Lipinski definition) is 0. The van der Waals surface area contributed by atoms with Gasteiger partial charge in [0.1, 0.15) is 0 Å². The van der Waals surface area contributed by atoms with Crippen LogP contribution in [-0.4, -0.2) is 24.5 Å². The Morgan fingerprint density at radius 3 is 2.33 bits per heavy atom. The van der Waals surface area contributed by atoms with Crippen LogP contribution in [0.1, 0.15) is 6.42 Å². The molecule has 0 bridgehead atoms. The average Bonchev–Trinajstić information content (AvgIpc) is 2.21. The lowest BCUT2D eigenvalue weighted by Crippen LogP contribution is -1.94. The second kappa shape index (κ2) is 1.61. The van der Waals surface area contributed by atoms with E-state index >= 15 is 0 Å². The molecular weight excluding hydrogens is 74.1 g/mol. The fraction of sp³-hybridized carbons (Fsp3) is 0.800. The highest BCUT2D eigenvalue weighted by molar-refractivity contribution is 4.71. The number of nitrogens with zero attached hydrogens (tertiary/aromatic N) is 1. The highest BCUT2D eigenvalue weighted by Gasteiger charge is 2.13. The van der Waals surface area contributed by atoms with Crippen LogP contribution in [0.3, 0.4) is 0 Å². The molecule has 0 aromatic heterocycles. The smallest absolute Gasteiger partial charge is 0.0110 e. The molecule has 1 radical (unpaired) electrons. The average molecular weight is 84.1 g/mol. The Morgan fingerprint density at radius 1 is 1.50 bits per heavy atom. The van der Waals surface area contributed by atoms with Gasteiger partial charge < -0.3 is 4.90 Å². The van der Waals surface area contributed by atoms with Crippen LogP contribution in [0.2, 0.25) is 0 Å². The Bertz CT molecular complexity index is 39.2. The van der Waals surface area contributed by atoms with Crippen molar-refractivity contribution in [2.24, 2.45) is 0 Å². The maximum Gasteiger partial charge on any atom is 0.0110 e. The molecule has 0 aliphatic carbocycles. The first kappa shape index (κ1) is 4.13. The standard InChI is InChI=1S/C5H10N/c1-2-3-6-4-5-6/h1-5H2. The van der Waals surface area contributed by atoms with Gasteiger partial charge in [-0.2, -0.15) is 0 Å². The van der Waals surface area contributed by atoms with Crippen molar-refractivity contribution in [3.63, 3.8) is 0 Å². The van der Waals surface area contributed by atoms with Crippen molar-refractivity contribution in [3.05, 3.63) is 6.92 Å². The Labute approximate surface area is 39.0 Å². The molecule has 0 saturated carbocycles. The van der Waals surface area contributed by atoms with Gasteiger partial charge in [0.15, 0.2) is 0 Å². The normalized spacial score (nSPS) is 21.5. The first-order valence-electron chi connectivity index (χ1n) is 2.45. The molecule has 0 aromatic rings. The first-order valence-corrected chi connectivity index (χ1v) is 2.45. The van der Waals surface area contributed by atoms with Crippen LogP contribution in [0, 0.1) is 6.92 Å². The van der Waals surface area contributed by atoms with Gasteiger partial charge in [-0.05, 0) is 13.0 Å². The molecule has 0 unspecified atom stereocenters. The van der Waals surface area contributed by atoms with Gasteiger partial charge in [-0.25, -0.2) is 0 Å². The van der Waals surface area contributed by atoms with E-state index in [4.69, 9.17) is 0 Å². The highest BCUT2D eigenvalue weighted by atomic mass is 15.2. The lowest BCUT2D eigenvalue weighted by Gasteiger charge is -1.89. The molecule has 1 saturated heterocycles. The molecule has 0 atom stereocenters. The number of hydrogen-bond acceptors (Lipinski definition) is 1.